The third kappa shape index (κ3) is 4.01. The van der Waals surface area contributed by atoms with Crippen molar-refractivity contribution in [2.24, 2.45) is 5.92 Å². The molecule has 0 aliphatic carbocycles. The lowest BCUT2D eigenvalue weighted by atomic mass is 9.98. The van der Waals surface area contributed by atoms with Crippen LogP contribution in [0.4, 0.5) is 23.2 Å². The third-order valence-corrected chi connectivity index (χ3v) is 6.34. The van der Waals surface area contributed by atoms with Crippen LogP contribution in [0.25, 0.3) is 10.9 Å². The van der Waals surface area contributed by atoms with Crippen LogP contribution in [0.1, 0.15) is 18.5 Å². The van der Waals surface area contributed by atoms with Crippen LogP contribution in [-0.2, 0) is 10.0 Å². The van der Waals surface area contributed by atoms with Crippen LogP contribution in [0.5, 0.6) is 0 Å². The van der Waals surface area contributed by atoms with E-state index in [-0.39, 0.29) is 24.5 Å². The fourth-order valence-corrected chi connectivity index (χ4v) is 4.23. The maximum atomic E-state index is 13.9. The largest absolute Gasteiger partial charge is 0.511 e. The van der Waals surface area contributed by atoms with Gasteiger partial charge < -0.3 is 5.32 Å². The van der Waals surface area contributed by atoms with E-state index in [0.717, 1.165) is 0 Å². The van der Waals surface area contributed by atoms with Crippen molar-refractivity contribution in [1.29, 1.82) is 0 Å². The van der Waals surface area contributed by atoms with Gasteiger partial charge in [-0.2, -0.15) is 17.5 Å². The second-order valence-corrected chi connectivity index (χ2v) is 8.55. The van der Waals surface area contributed by atoms with Gasteiger partial charge in [-0.1, -0.05) is 12.1 Å². The van der Waals surface area contributed by atoms with Gasteiger partial charge in [-0.05, 0) is 37.8 Å². The summed E-state index contributed by atoms with van der Waals surface area (Å²) in [6.07, 6.45) is 0.636. The van der Waals surface area contributed by atoms with E-state index in [9.17, 15) is 26.0 Å². The summed E-state index contributed by atoms with van der Waals surface area (Å²) in [4.78, 5) is 4.20. The zero-order chi connectivity index (χ0) is 19.8. The Kier molecular flexibility index (Phi) is 5.31. The van der Waals surface area contributed by atoms with Crippen molar-refractivity contribution in [3.8, 4) is 0 Å². The Balaban J connectivity index is 1.66. The molecule has 1 aromatic heterocycles. The van der Waals surface area contributed by atoms with Gasteiger partial charge in [-0.15, -0.1) is 0 Å². The number of halogens is 4. The van der Waals surface area contributed by atoms with Gasteiger partial charge in [-0.3, -0.25) is 0 Å². The molecule has 148 valence electrons. The molecule has 1 aliphatic heterocycles. The number of aromatic nitrogens is 1. The Morgan fingerprint density at radius 3 is 2.56 bits per heavy atom. The maximum absolute atomic E-state index is 13.9. The van der Waals surface area contributed by atoms with Gasteiger partial charge >= 0.3 is 15.5 Å². The van der Waals surface area contributed by atoms with Gasteiger partial charge in [0.25, 0.3) is 0 Å². The van der Waals surface area contributed by atoms with Crippen LogP contribution in [0, 0.1) is 18.7 Å². The summed E-state index contributed by atoms with van der Waals surface area (Å²) in [6.45, 7) is 1.87. The number of nitrogens with zero attached hydrogens (tertiary/aromatic N) is 2. The number of para-hydroxylation sites is 1. The van der Waals surface area contributed by atoms with Gasteiger partial charge in [-0.25, -0.2) is 17.8 Å². The minimum Gasteiger partial charge on any atom is -0.384 e. The molecule has 2 heterocycles. The molecule has 1 N–H and O–H groups in total. The van der Waals surface area contributed by atoms with Crippen molar-refractivity contribution < 1.29 is 26.0 Å². The number of fused-ring (bicyclic) bond motifs is 1. The molecule has 0 atom stereocenters. The summed E-state index contributed by atoms with van der Waals surface area (Å²) in [5.41, 5.74) is -3.68. The predicted octanol–water partition coefficient (Wildman–Crippen LogP) is 3.66. The van der Waals surface area contributed by atoms with Crippen molar-refractivity contribution >= 4 is 26.6 Å². The molecule has 0 radical (unpaired) electrons. The van der Waals surface area contributed by atoms with Crippen LogP contribution in [0.15, 0.2) is 24.3 Å². The lowest BCUT2D eigenvalue weighted by Crippen LogP contribution is -2.45. The second-order valence-electron chi connectivity index (χ2n) is 6.62. The minimum absolute atomic E-state index is 0.0155. The van der Waals surface area contributed by atoms with E-state index in [0.29, 0.717) is 40.5 Å². The number of nitrogens with one attached hydrogen (secondary N) is 1. The molecular weight excluding hydrogens is 386 g/mol. The second kappa shape index (κ2) is 7.23. The van der Waals surface area contributed by atoms with Crippen LogP contribution in [0.3, 0.4) is 0 Å². The highest BCUT2D eigenvalue weighted by molar-refractivity contribution is 7.90. The molecule has 3 rings (SSSR count). The van der Waals surface area contributed by atoms with Crippen LogP contribution >= 0.6 is 0 Å². The van der Waals surface area contributed by atoms with Gasteiger partial charge in [0.2, 0.25) is 0 Å². The lowest BCUT2D eigenvalue weighted by molar-refractivity contribution is -0.0496. The van der Waals surface area contributed by atoms with E-state index < -0.39 is 21.3 Å². The van der Waals surface area contributed by atoms with E-state index >= 15 is 0 Å². The summed E-state index contributed by atoms with van der Waals surface area (Å²) in [5, 5.41) is 3.84. The summed E-state index contributed by atoms with van der Waals surface area (Å²) in [5.74, 6) is -0.410. The minimum atomic E-state index is -5.27. The zero-order valence-electron chi connectivity index (χ0n) is 14.6. The Morgan fingerprint density at radius 2 is 1.93 bits per heavy atom. The molecule has 0 saturated carbocycles. The first kappa shape index (κ1) is 19.8. The van der Waals surface area contributed by atoms with Gasteiger partial charge in [0.05, 0.1) is 0 Å². The Bertz CT molecular complexity index is 939. The Labute approximate surface area is 154 Å². The molecule has 10 heteroatoms. The van der Waals surface area contributed by atoms with Crippen molar-refractivity contribution in [1.82, 2.24) is 9.29 Å². The van der Waals surface area contributed by atoms with Gasteiger partial charge in [0, 0.05) is 36.4 Å². The first-order chi connectivity index (χ1) is 12.6. The number of sulfonamides is 1. The Morgan fingerprint density at radius 1 is 1.26 bits per heavy atom. The van der Waals surface area contributed by atoms with E-state index in [2.05, 4.69) is 10.3 Å². The van der Waals surface area contributed by atoms with E-state index in [1.807, 2.05) is 0 Å². The first-order valence-electron chi connectivity index (χ1n) is 8.46. The number of rotatable bonds is 4. The summed E-state index contributed by atoms with van der Waals surface area (Å²) in [6, 6.07) is 6.44. The number of anilines is 1. The lowest BCUT2D eigenvalue weighted by Gasteiger charge is -2.31. The van der Waals surface area contributed by atoms with E-state index in [1.54, 1.807) is 25.1 Å². The number of aryl methyl sites for hydroxylation is 1. The smallest absolute Gasteiger partial charge is 0.384 e. The monoisotopic (exact) mass is 405 g/mol. The van der Waals surface area contributed by atoms with Crippen molar-refractivity contribution in [3.05, 3.63) is 35.8 Å². The first-order valence-corrected chi connectivity index (χ1v) is 9.90. The number of pyridine rings is 1. The summed E-state index contributed by atoms with van der Waals surface area (Å²) in [7, 11) is -5.27. The van der Waals surface area contributed by atoms with Crippen LogP contribution in [0.2, 0.25) is 0 Å². The highest BCUT2D eigenvalue weighted by atomic mass is 32.2. The molecule has 0 unspecified atom stereocenters. The average molecular weight is 405 g/mol. The van der Waals surface area contributed by atoms with E-state index in [1.165, 1.54) is 6.07 Å². The topological polar surface area (TPSA) is 62.3 Å². The van der Waals surface area contributed by atoms with Crippen molar-refractivity contribution in [2.45, 2.75) is 25.3 Å². The summed E-state index contributed by atoms with van der Waals surface area (Å²) < 4.78 is 75.2. The van der Waals surface area contributed by atoms with Gasteiger partial charge in [0.1, 0.15) is 11.3 Å². The SMILES string of the molecule is Cc1cc(NCC2CCN(S(=O)(=O)C(F)(F)F)CC2)c2cccc(F)c2n1. The number of benzene rings is 1. The quantitative estimate of drug-likeness (QED) is 0.789. The molecular formula is C17H19F4N3O2S. The molecule has 0 bridgehead atoms. The number of alkyl halides is 3. The van der Waals surface area contributed by atoms with Crippen LogP contribution < -0.4 is 5.32 Å². The molecule has 0 spiro atoms. The highest BCUT2D eigenvalue weighted by Crippen LogP contribution is 2.31. The number of hydrogen-bond acceptors (Lipinski definition) is 4. The third-order valence-electron chi connectivity index (χ3n) is 4.71. The molecule has 1 fully saturated rings. The van der Waals surface area contributed by atoms with Crippen molar-refractivity contribution in [3.63, 3.8) is 0 Å². The normalized spacial score (nSPS) is 17.4. The molecule has 1 aliphatic rings. The highest BCUT2D eigenvalue weighted by Gasteiger charge is 2.50. The average Bonchev–Trinajstić information content (AvgIpc) is 2.60. The zero-order valence-corrected chi connectivity index (χ0v) is 15.4. The molecule has 1 aromatic carbocycles. The van der Waals surface area contributed by atoms with Gasteiger partial charge in [0.15, 0.2) is 0 Å². The summed E-state index contributed by atoms with van der Waals surface area (Å²) >= 11 is 0. The van der Waals surface area contributed by atoms with E-state index in [4.69, 9.17) is 0 Å². The molecule has 5 nitrogen and oxygen atoms in total. The Hall–Kier alpha value is -1.94. The van der Waals surface area contributed by atoms with Crippen molar-refractivity contribution in [2.75, 3.05) is 25.0 Å². The fraction of sp³-hybridized carbons (Fsp3) is 0.471. The van der Waals surface area contributed by atoms with Crippen LogP contribution in [-0.4, -0.2) is 42.8 Å². The number of hydrogen-bond donors (Lipinski definition) is 1. The maximum Gasteiger partial charge on any atom is 0.511 e. The number of piperidine rings is 1. The molecule has 1 saturated heterocycles. The molecule has 2 aromatic rings. The standard InChI is InChI=1S/C17H19F4N3O2S/c1-11-9-15(13-3-2-4-14(18)16(13)23-11)22-10-12-5-7-24(8-6-12)27(25,26)17(19,20)21/h2-4,9,12H,5-8,10H2,1H3,(H,22,23). The fourth-order valence-electron chi connectivity index (χ4n) is 3.24. The molecule has 27 heavy (non-hydrogen) atoms. The molecule has 0 amide bonds. The predicted molar refractivity (Wildman–Crippen MR) is 94.2 cm³/mol.